The second kappa shape index (κ2) is 13.2. The first-order valence-corrected chi connectivity index (χ1v) is 15.5. The molecule has 2 aliphatic heterocycles. The third kappa shape index (κ3) is 6.11. The summed E-state index contributed by atoms with van der Waals surface area (Å²) in [6, 6.07) is 14.0. The Hall–Kier alpha value is -3.59. The van der Waals surface area contributed by atoms with Crippen molar-refractivity contribution in [3.63, 3.8) is 0 Å². The lowest BCUT2D eigenvalue weighted by Crippen LogP contribution is -2.75. The number of nitrogens with zero attached hydrogens (tertiary/aromatic N) is 2. The van der Waals surface area contributed by atoms with E-state index in [0.29, 0.717) is 49.5 Å². The van der Waals surface area contributed by atoms with Crippen LogP contribution in [0.1, 0.15) is 75.1 Å². The van der Waals surface area contributed by atoms with Crippen molar-refractivity contribution >= 4 is 23.4 Å². The third-order valence-corrected chi connectivity index (χ3v) is 9.34. The van der Waals surface area contributed by atoms with Crippen LogP contribution in [-0.2, 0) is 9.59 Å². The number of rotatable bonds is 9. The number of unbranched alkanes of at least 4 members (excludes halogenated alkanes) is 1. The molecule has 2 atom stereocenters. The first kappa shape index (κ1) is 29.9. The van der Waals surface area contributed by atoms with Gasteiger partial charge in [-0.1, -0.05) is 32.6 Å². The highest BCUT2D eigenvalue weighted by Crippen LogP contribution is 2.37. The van der Waals surface area contributed by atoms with Gasteiger partial charge in [-0.05, 0) is 86.6 Å². The molecule has 3 fully saturated rings. The van der Waals surface area contributed by atoms with Gasteiger partial charge >= 0.3 is 0 Å². The number of aliphatic hydroxyl groups is 1. The molecule has 5 rings (SSSR count). The van der Waals surface area contributed by atoms with Gasteiger partial charge in [0.25, 0.3) is 5.91 Å². The third-order valence-electron chi connectivity index (χ3n) is 9.34. The van der Waals surface area contributed by atoms with Gasteiger partial charge in [0.2, 0.25) is 11.8 Å². The molecule has 1 saturated carbocycles. The fourth-order valence-corrected chi connectivity index (χ4v) is 6.77. The van der Waals surface area contributed by atoms with E-state index in [1.165, 1.54) is 6.42 Å². The van der Waals surface area contributed by atoms with Crippen LogP contribution in [0.4, 0.5) is 5.69 Å². The summed E-state index contributed by atoms with van der Waals surface area (Å²) in [4.78, 5) is 43.4. The molecule has 0 aromatic heterocycles. The predicted molar refractivity (Wildman–Crippen MR) is 162 cm³/mol. The Kier molecular flexibility index (Phi) is 9.36. The van der Waals surface area contributed by atoms with Gasteiger partial charge in [-0.2, -0.15) is 0 Å². The van der Waals surface area contributed by atoms with Crippen LogP contribution >= 0.6 is 0 Å². The fraction of sp³-hybridized carbons (Fsp3) is 0.545. The molecule has 2 aromatic rings. The van der Waals surface area contributed by atoms with E-state index in [9.17, 15) is 19.5 Å². The van der Waals surface area contributed by atoms with Crippen molar-refractivity contribution in [3.05, 3.63) is 54.1 Å². The van der Waals surface area contributed by atoms with Gasteiger partial charge in [-0.25, -0.2) is 0 Å². The van der Waals surface area contributed by atoms with Crippen LogP contribution in [0.25, 0.3) is 0 Å². The van der Waals surface area contributed by atoms with E-state index in [1.807, 2.05) is 29.2 Å². The number of nitrogens with one attached hydrogen (secondary N) is 2. The number of hydrogen-bond donors (Lipinski definition) is 3. The lowest BCUT2D eigenvalue weighted by molar-refractivity contribution is -0.164. The van der Waals surface area contributed by atoms with E-state index >= 15 is 0 Å². The molecule has 9 heteroatoms. The van der Waals surface area contributed by atoms with Crippen LogP contribution in [0.15, 0.2) is 48.5 Å². The number of piperazine rings is 1. The average molecular weight is 577 g/mol. The second-order valence-electron chi connectivity index (χ2n) is 11.9. The smallest absolute Gasteiger partial charge is 0.251 e. The molecular weight excluding hydrogens is 532 g/mol. The number of hydrogen-bond acceptors (Lipinski definition) is 6. The largest absolute Gasteiger partial charge is 0.457 e. The Morgan fingerprint density at radius 1 is 1.02 bits per heavy atom. The van der Waals surface area contributed by atoms with Crippen LogP contribution in [0.2, 0.25) is 0 Å². The van der Waals surface area contributed by atoms with Crippen LogP contribution in [0.3, 0.4) is 0 Å². The normalized spacial score (nSPS) is 21.6. The summed E-state index contributed by atoms with van der Waals surface area (Å²) < 4.78 is 5.96. The summed E-state index contributed by atoms with van der Waals surface area (Å²) in [7, 11) is 1.60. The average Bonchev–Trinajstić information content (AvgIpc) is 3.03. The number of carbonyl (C=O) groups excluding carboxylic acids is 3. The summed E-state index contributed by atoms with van der Waals surface area (Å²) in [6.07, 6.45) is 7.10. The molecular formula is C33H44N4O5. The van der Waals surface area contributed by atoms with Crippen molar-refractivity contribution in [3.8, 4) is 11.5 Å². The molecule has 1 aliphatic carbocycles. The number of carbonyl (C=O) groups is 3. The SMILES string of the molecule is CCCCN1C(=O)[C@@H]([C@H](O)C2CCCCC2)NC(=O)C12CCN(c1ccc(Oc3ccc(C(=O)NC)cc3)cc1)CC2. The Bertz CT molecular complexity index is 1230. The molecule has 226 valence electrons. The maximum Gasteiger partial charge on any atom is 0.251 e. The Morgan fingerprint density at radius 3 is 2.24 bits per heavy atom. The first-order chi connectivity index (χ1) is 20.4. The number of amides is 3. The number of piperidine rings is 1. The maximum absolute atomic E-state index is 13.8. The van der Waals surface area contributed by atoms with Crippen molar-refractivity contribution in [1.29, 1.82) is 0 Å². The summed E-state index contributed by atoms with van der Waals surface area (Å²) in [5, 5.41) is 16.8. The van der Waals surface area contributed by atoms with Gasteiger partial charge in [-0.15, -0.1) is 0 Å². The lowest BCUT2D eigenvalue weighted by atomic mass is 9.78. The quantitative estimate of drug-likeness (QED) is 0.412. The first-order valence-electron chi connectivity index (χ1n) is 15.5. The standard InChI is InChI=1S/C33H44N4O5/c1-3-4-20-37-31(40)28(29(38)23-8-6-5-7-9-23)35-32(41)33(37)18-21-36(22-19-33)25-12-16-27(17-13-25)42-26-14-10-24(11-15-26)30(39)34-2/h10-17,23,28-29,38H,3-9,18-22H2,1-2H3,(H,34,39)(H,35,41)/t28-,29-/m1/s1. The van der Waals surface area contributed by atoms with Gasteiger partial charge < -0.3 is 30.3 Å². The number of anilines is 1. The molecule has 1 spiro atoms. The van der Waals surface area contributed by atoms with Crippen molar-refractivity contribution in [2.45, 2.75) is 82.4 Å². The number of ether oxygens (including phenoxy) is 1. The Morgan fingerprint density at radius 2 is 1.64 bits per heavy atom. The van der Waals surface area contributed by atoms with Gasteiger partial charge in [0.15, 0.2) is 0 Å². The highest BCUT2D eigenvalue weighted by molar-refractivity contribution is 6.00. The summed E-state index contributed by atoms with van der Waals surface area (Å²) in [5.41, 5.74) is 0.719. The lowest BCUT2D eigenvalue weighted by Gasteiger charge is -2.53. The second-order valence-corrected chi connectivity index (χ2v) is 11.9. The van der Waals surface area contributed by atoms with Crippen molar-refractivity contribution in [1.82, 2.24) is 15.5 Å². The Labute approximate surface area is 248 Å². The minimum atomic E-state index is -0.880. The number of benzene rings is 2. The van der Waals surface area contributed by atoms with Crippen LogP contribution < -0.4 is 20.3 Å². The number of aliphatic hydroxyl groups excluding tert-OH is 1. The van der Waals surface area contributed by atoms with Crippen molar-refractivity contribution in [2.75, 3.05) is 31.6 Å². The van der Waals surface area contributed by atoms with Crippen LogP contribution in [0, 0.1) is 5.92 Å². The van der Waals surface area contributed by atoms with Gasteiger partial charge in [0, 0.05) is 37.9 Å². The van der Waals surface area contributed by atoms with E-state index in [2.05, 4.69) is 22.5 Å². The minimum Gasteiger partial charge on any atom is -0.457 e. The molecule has 2 aromatic carbocycles. The van der Waals surface area contributed by atoms with E-state index in [0.717, 1.165) is 44.2 Å². The fourth-order valence-electron chi connectivity index (χ4n) is 6.77. The van der Waals surface area contributed by atoms with E-state index in [4.69, 9.17) is 4.74 Å². The zero-order valence-corrected chi connectivity index (χ0v) is 24.8. The summed E-state index contributed by atoms with van der Waals surface area (Å²) in [5.74, 6) is 0.997. The Balaban J connectivity index is 1.24. The highest BCUT2D eigenvalue weighted by Gasteiger charge is 2.55. The topological polar surface area (TPSA) is 111 Å². The molecule has 3 aliphatic rings. The predicted octanol–water partition coefficient (Wildman–Crippen LogP) is 4.25. The molecule has 2 saturated heterocycles. The van der Waals surface area contributed by atoms with Crippen molar-refractivity contribution in [2.24, 2.45) is 5.92 Å². The zero-order chi connectivity index (χ0) is 29.7. The molecule has 3 amide bonds. The summed E-state index contributed by atoms with van der Waals surface area (Å²) in [6.45, 7) is 3.90. The zero-order valence-electron chi connectivity index (χ0n) is 24.8. The molecule has 0 radical (unpaired) electrons. The molecule has 0 bridgehead atoms. The van der Waals surface area contributed by atoms with Gasteiger partial charge in [0.05, 0.1) is 6.10 Å². The van der Waals surface area contributed by atoms with Crippen LogP contribution in [0.5, 0.6) is 11.5 Å². The minimum absolute atomic E-state index is 0.0609. The molecule has 2 heterocycles. The van der Waals surface area contributed by atoms with E-state index in [1.54, 1.807) is 31.3 Å². The van der Waals surface area contributed by atoms with E-state index in [-0.39, 0.29) is 23.6 Å². The van der Waals surface area contributed by atoms with Gasteiger partial charge in [-0.3, -0.25) is 14.4 Å². The summed E-state index contributed by atoms with van der Waals surface area (Å²) >= 11 is 0. The van der Waals surface area contributed by atoms with Crippen molar-refractivity contribution < 1.29 is 24.2 Å². The molecule has 9 nitrogen and oxygen atoms in total. The molecule has 0 unspecified atom stereocenters. The van der Waals surface area contributed by atoms with E-state index < -0.39 is 17.7 Å². The van der Waals surface area contributed by atoms with Crippen LogP contribution in [-0.4, -0.2) is 72.1 Å². The molecule has 3 N–H and O–H groups in total. The maximum atomic E-state index is 13.8. The highest BCUT2D eigenvalue weighted by atomic mass is 16.5. The van der Waals surface area contributed by atoms with Gasteiger partial charge in [0.1, 0.15) is 23.1 Å². The molecule has 42 heavy (non-hydrogen) atoms. The monoisotopic (exact) mass is 576 g/mol.